The molecule has 0 spiro atoms. The van der Waals surface area contributed by atoms with Crippen molar-refractivity contribution in [2.45, 2.75) is 12.1 Å². The molecule has 0 saturated carbocycles. The van der Waals surface area contributed by atoms with Crippen molar-refractivity contribution in [2.75, 3.05) is 25.3 Å². The molecule has 200 valence electrons. The van der Waals surface area contributed by atoms with Crippen molar-refractivity contribution < 1.29 is 37.0 Å². The van der Waals surface area contributed by atoms with E-state index in [0.29, 0.717) is 21.9 Å². The number of nitriles is 1. The summed E-state index contributed by atoms with van der Waals surface area (Å²) in [5.74, 6) is -4.63. The quantitative estimate of drug-likeness (QED) is 0.317. The smallest absolute Gasteiger partial charge is 0.417 e. The summed E-state index contributed by atoms with van der Waals surface area (Å²) in [7, 11) is 2.57. The minimum absolute atomic E-state index is 0.000664. The van der Waals surface area contributed by atoms with E-state index in [0.717, 1.165) is 24.9 Å². The zero-order valence-electron chi connectivity index (χ0n) is 19.6. The molecule has 2 aromatic carbocycles. The summed E-state index contributed by atoms with van der Waals surface area (Å²) >= 11 is 9.73. The predicted octanol–water partition coefficient (Wildman–Crippen LogP) is 5.24. The van der Waals surface area contributed by atoms with Gasteiger partial charge in [0.2, 0.25) is 11.8 Å². The summed E-state index contributed by atoms with van der Waals surface area (Å²) < 4.78 is 49.9. The van der Waals surface area contributed by atoms with E-state index in [9.17, 15) is 32.8 Å². The third-order valence-electron chi connectivity index (χ3n) is 5.42. The minimum atomic E-state index is -4.72. The number of allylic oxidation sites excluding steroid dienone is 1. The van der Waals surface area contributed by atoms with Crippen LogP contribution in [0.4, 0.5) is 18.9 Å². The number of thioether (sulfide) groups is 1. The zero-order chi connectivity index (χ0) is 28.2. The van der Waals surface area contributed by atoms with Crippen LogP contribution in [0.2, 0.25) is 5.02 Å². The Labute approximate surface area is 232 Å². The molecule has 1 aliphatic rings. The zero-order valence-corrected chi connectivity index (χ0v) is 22.8. The standard InChI is InChI=1S/C24H18BrClF3N3O5S/c1-36-17-6-3-11(7-15(17)25)19-13(9-30)22(32-21(34)20(19)23(35)37-2)38-10-18(33)31-12-4-5-16(26)14(8-12)24(27,28)29/h3-8,19-20H,10H2,1-2H3,(H,31,33)(H,32,34)/t19-,20+/m1/s1. The van der Waals surface area contributed by atoms with Gasteiger partial charge in [-0.1, -0.05) is 29.4 Å². The number of halogens is 5. The third kappa shape index (κ3) is 6.43. The van der Waals surface area contributed by atoms with Crippen molar-refractivity contribution in [3.63, 3.8) is 0 Å². The average Bonchev–Trinajstić information content (AvgIpc) is 2.86. The fraction of sp³-hybridized carbons (Fsp3) is 0.250. The predicted molar refractivity (Wildman–Crippen MR) is 137 cm³/mol. The Balaban J connectivity index is 1.90. The van der Waals surface area contributed by atoms with Gasteiger partial charge in [0.25, 0.3) is 0 Å². The fourth-order valence-corrected chi connectivity index (χ4v) is 5.34. The van der Waals surface area contributed by atoms with Gasteiger partial charge in [-0.15, -0.1) is 0 Å². The van der Waals surface area contributed by atoms with Crippen LogP contribution in [0.25, 0.3) is 0 Å². The van der Waals surface area contributed by atoms with E-state index >= 15 is 0 Å². The van der Waals surface area contributed by atoms with Gasteiger partial charge in [0.15, 0.2) is 0 Å². The molecular formula is C24H18BrClF3N3O5S. The van der Waals surface area contributed by atoms with Crippen LogP contribution in [0.3, 0.4) is 0 Å². The molecule has 38 heavy (non-hydrogen) atoms. The van der Waals surface area contributed by atoms with Gasteiger partial charge in [0.05, 0.1) is 51.7 Å². The number of hydrogen-bond donors (Lipinski definition) is 2. The number of carbonyl (C=O) groups excluding carboxylic acids is 3. The Morgan fingerprint density at radius 3 is 2.53 bits per heavy atom. The van der Waals surface area contributed by atoms with Crippen molar-refractivity contribution >= 4 is 62.8 Å². The fourth-order valence-electron chi connectivity index (χ4n) is 3.71. The summed E-state index contributed by atoms with van der Waals surface area (Å²) in [6.07, 6.45) is -4.72. The van der Waals surface area contributed by atoms with E-state index < -0.39 is 46.4 Å². The number of anilines is 1. The molecule has 2 atom stereocenters. The summed E-state index contributed by atoms with van der Waals surface area (Å²) in [4.78, 5) is 38.0. The highest BCUT2D eigenvalue weighted by Crippen LogP contribution is 2.42. The molecule has 14 heteroatoms. The van der Waals surface area contributed by atoms with E-state index in [4.69, 9.17) is 21.1 Å². The highest BCUT2D eigenvalue weighted by molar-refractivity contribution is 9.10. The van der Waals surface area contributed by atoms with Gasteiger partial charge in [0, 0.05) is 11.6 Å². The van der Waals surface area contributed by atoms with Crippen molar-refractivity contribution in [1.82, 2.24) is 5.32 Å². The normalized spacial score (nSPS) is 17.4. The molecule has 8 nitrogen and oxygen atoms in total. The largest absolute Gasteiger partial charge is 0.496 e. The lowest BCUT2D eigenvalue weighted by molar-refractivity contribution is -0.150. The highest BCUT2D eigenvalue weighted by atomic mass is 79.9. The third-order valence-corrected chi connectivity index (χ3v) is 7.39. The van der Waals surface area contributed by atoms with Crippen LogP contribution < -0.4 is 15.4 Å². The molecule has 0 aromatic heterocycles. The maximum Gasteiger partial charge on any atom is 0.417 e. The average molecular weight is 633 g/mol. The van der Waals surface area contributed by atoms with Gasteiger partial charge in [-0.3, -0.25) is 14.4 Å². The molecule has 0 bridgehead atoms. The molecule has 0 aliphatic carbocycles. The molecular weight excluding hydrogens is 615 g/mol. The molecule has 2 amide bonds. The van der Waals surface area contributed by atoms with E-state index in [2.05, 4.69) is 26.6 Å². The maximum atomic E-state index is 13.1. The molecule has 0 radical (unpaired) electrons. The topological polar surface area (TPSA) is 118 Å². The van der Waals surface area contributed by atoms with Crippen molar-refractivity contribution in [3.8, 4) is 11.8 Å². The van der Waals surface area contributed by atoms with Crippen LogP contribution in [-0.2, 0) is 25.3 Å². The van der Waals surface area contributed by atoms with E-state index in [1.807, 2.05) is 6.07 Å². The molecule has 1 aliphatic heterocycles. The lowest BCUT2D eigenvalue weighted by atomic mass is 9.78. The van der Waals surface area contributed by atoms with Gasteiger partial charge < -0.3 is 20.1 Å². The van der Waals surface area contributed by atoms with Crippen LogP contribution in [0.15, 0.2) is 51.5 Å². The SMILES string of the molecule is COC(=O)[C@@H]1C(=O)NC(SCC(=O)Nc2ccc(Cl)c(C(F)(F)F)c2)=C(C#N)[C@H]1c1ccc(OC)c(Br)c1. The number of amides is 2. The Kier molecular flexibility index (Phi) is 9.35. The first-order valence-corrected chi connectivity index (χ1v) is 12.7. The second-order valence-electron chi connectivity index (χ2n) is 7.75. The van der Waals surface area contributed by atoms with Gasteiger partial charge in [-0.2, -0.15) is 18.4 Å². The van der Waals surface area contributed by atoms with E-state index in [1.54, 1.807) is 18.2 Å². The van der Waals surface area contributed by atoms with Crippen molar-refractivity contribution in [3.05, 3.63) is 67.6 Å². The van der Waals surface area contributed by atoms with Gasteiger partial charge in [-0.25, -0.2) is 0 Å². The summed E-state index contributed by atoms with van der Waals surface area (Å²) in [6, 6.07) is 9.71. The first kappa shape index (κ1) is 29.3. The number of esters is 1. The number of nitrogens with one attached hydrogen (secondary N) is 2. The van der Waals surface area contributed by atoms with Crippen LogP contribution in [0.1, 0.15) is 17.0 Å². The van der Waals surface area contributed by atoms with E-state index in [-0.39, 0.29) is 22.0 Å². The van der Waals surface area contributed by atoms with Crippen LogP contribution >= 0.6 is 39.3 Å². The van der Waals surface area contributed by atoms with Crippen LogP contribution in [0.5, 0.6) is 5.75 Å². The summed E-state index contributed by atoms with van der Waals surface area (Å²) in [5, 5.41) is 14.3. The van der Waals surface area contributed by atoms with Gasteiger partial charge in [0.1, 0.15) is 11.7 Å². The number of benzene rings is 2. The Morgan fingerprint density at radius 1 is 1.24 bits per heavy atom. The van der Waals surface area contributed by atoms with Gasteiger partial charge >= 0.3 is 12.1 Å². The first-order valence-electron chi connectivity index (χ1n) is 10.6. The Morgan fingerprint density at radius 2 is 1.95 bits per heavy atom. The molecule has 0 saturated heterocycles. The summed E-state index contributed by atoms with van der Waals surface area (Å²) in [6.45, 7) is 0. The number of hydrogen-bond acceptors (Lipinski definition) is 7. The van der Waals surface area contributed by atoms with Crippen LogP contribution in [-0.4, -0.2) is 37.8 Å². The highest BCUT2D eigenvalue weighted by Gasteiger charge is 2.44. The lowest BCUT2D eigenvalue weighted by Gasteiger charge is -2.31. The number of rotatable bonds is 7. The van der Waals surface area contributed by atoms with E-state index in [1.165, 1.54) is 13.2 Å². The Bertz CT molecular complexity index is 1360. The number of nitrogens with zero attached hydrogens (tertiary/aromatic N) is 1. The molecule has 3 rings (SSSR count). The van der Waals surface area contributed by atoms with Gasteiger partial charge in [-0.05, 0) is 51.8 Å². The molecule has 0 unspecified atom stereocenters. The molecule has 0 fully saturated rings. The van der Waals surface area contributed by atoms with Crippen LogP contribution in [0, 0.1) is 17.2 Å². The molecule has 1 heterocycles. The molecule has 2 N–H and O–H groups in total. The Hall–Kier alpha value is -3.21. The number of carbonyl (C=O) groups is 3. The van der Waals surface area contributed by atoms with Crippen molar-refractivity contribution in [1.29, 1.82) is 5.26 Å². The minimum Gasteiger partial charge on any atom is -0.496 e. The monoisotopic (exact) mass is 631 g/mol. The second kappa shape index (κ2) is 12.1. The summed E-state index contributed by atoms with van der Waals surface area (Å²) in [5.41, 5.74) is -0.814. The number of alkyl halides is 3. The number of ether oxygens (including phenoxy) is 2. The number of methoxy groups -OCH3 is 2. The second-order valence-corrected chi connectivity index (χ2v) is 9.99. The molecule has 2 aromatic rings. The lowest BCUT2D eigenvalue weighted by Crippen LogP contribution is -2.44. The first-order chi connectivity index (χ1) is 17.9. The maximum absolute atomic E-state index is 13.1. The van der Waals surface area contributed by atoms with Crippen molar-refractivity contribution in [2.24, 2.45) is 5.92 Å².